The van der Waals surface area contributed by atoms with Crippen molar-refractivity contribution in [2.75, 3.05) is 13.1 Å². The van der Waals surface area contributed by atoms with E-state index in [4.69, 9.17) is 23.2 Å². The van der Waals surface area contributed by atoms with Crippen LogP contribution in [0.3, 0.4) is 0 Å². The molecule has 0 aliphatic carbocycles. The summed E-state index contributed by atoms with van der Waals surface area (Å²) < 4.78 is 0. The van der Waals surface area contributed by atoms with Crippen LogP contribution in [0.5, 0.6) is 0 Å². The number of nitrogens with zero attached hydrogens (tertiary/aromatic N) is 1. The molecule has 1 aliphatic heterocycles. The Kier molecular flexibility index (Phi) is 4.74. The normalized spacial score (nSPS) is 18.5. The molecule has 3 nitrogen and oxygen atoms in total. The van der Waals surface area contributed by atoms with E-state index < -0.39 is 5.60 Å². The van der Waals surface area contributed by atoms with Crippen molar-refractivity contribution >= 4 is 35.2 Å². The van der Waals surface area contributed by atoms with E-state index in [1.165, 1.54) is 6.08 Å². The molecular formula is C15H17Cl2NO2. The van der Waals surface area contributed by atoms with Crippen LogP contribution in [0.25, 0.3) is 6.08 Å². The number of aliphatic hydroxyl groups is 1. The van der Waals surface area contributed by atoms with E-state index in [2.05, 4.69) is 0 Å². The van der Waals surface area contributed by atoms with Crippen molar-refractivity contribution in [3.05, 3.63) is 39.9 Å². The minimum absolute atomic E-state index is 0.0726. The van der Waals surface area contributed by atoms with E-state index in [9.17, 15) is 9.90 Å². The van der Waals surface area contributed by atoms with Crippen molar-refractivity contribution in [1.82, 2.24) is 4.90 Å². The Hall–Kier alpha value is -1.03. The van der Waals surface area contributed by atoms with E-state index in [0.29, 0.717) is 36.0 Å². The third-order valence-corrected chi connectivity index (χ3v) is 4.37. The summed E-state index contributed by atoms with van der Waals surface area (Å²) in [4.78, 5) is 13.8. The summed E-state index contributed by atoms with van der Waals surface area (Å²) in [6, 6.07) is 5.30. The van der Waals surface area contributed by atoms with Crippen molar-refractivity contribution in [1.29, 1.82) is 0 Å². The summed E-state index contributed by atoms with van der Waals surface area (Å²) in [5.41, 5.74) is 0.0630. The van der Waals surface area contributed by atoms with E-state index in [1.54, 1.807) is 36.1 Å². The van der Waals surface area contributed by atoms with Crippen molar-refractivity contribution in [3.63, 3.8) is 0 Å². The van der Waals surface area contributed by atoms with E-state index in [1.807, 2.05) is 0 Å². The van der Waals surface area contributed by atoms with Gasteiger partial charge in [-0.15, -0.1) is 0 Å². The van der Waals surface area contributed by atoms with E-state index >= 15 is 0 Å². The highest BCUT2D eigenvalue weighted by Crippen LogP contribution is 2.26. The Morgan fingerprint density at radius 2 is 2.00 bits per heavy atom. The molecule has 0 radical (unpaired) electrons. The minimum Gasteiger partial charge on any atom is -0.390 e. The predicted molar refractivity (Wildman–Crippen MR) is 81.9 cm³/mol. The van der Waals surface area contributed by atoms with Crippen LogP contribution in [-0.2, 0) is 4.79 Å². The maximum absolute atomic E-state index is 12.1. The zero-order valence-corrected chi connectivity index (χ0v) is 12.8. The highest BCUT2D eigenvalue weighted by molar-refractivity contribution is 6.42. The van der Waals surface area contributed by atoms with Crippen LogP contribution >= 0.6 is 23.2 Å². The second-order valence-electron chi connectivity index (χ2n) is 5.30. The standard InChI is InChI=1S/C15H17Cl2NO2/c1-15(20)7-9-18(10-8-15)13(19)6-5-11-3-2-4-12(16)14(11)17/h2-6,20H,7-10H2,1H3/b6-5+. The lowest BCUT2D eigenvalue weighted by Gasteiger charge is -2.35. The largest absolute Gasteiger partial charge is 0.390 e. The van der Waals surface area contributed by atoms with Gasteiger partial charge in [0.05, 0.1) is 15.6 Å². The van der Waals surface area contributed by atoms with Crippen LogP contribution in [0.1, 0.15) is 25.3 Å². The Balaban J connectivity index is 2.01. The molecule has 1 aromatic rings. The summed E-state index contributed by atoms with van der Waals surface area (Å²) in [7, 11) is 0. The number of hydrogen-bond donors (Lipinski definition) is 1. The second kappa shape index (κ2) is 6.17. The van der Waals surface area contributed by atoms with Crippen molar-refractivity contribution in [2.24, 2.45) is 0 Å². The fourth-order valence-electron chi connectivity index (χ4n) is 2.12. The lowest BCUT2D eigenvalue weighted by Crippen LogP contribution is -2.44. The number of hydrogen-bond acceptors (Lipinski definition) is 2. The van der Waals surface area contributed by atoms with Gasteiger partial charge in [0.15, 0.2) is 0 Å². The van der Waals surface area contributed by atoms with E-state index in [0.717, 1.165) is 5.56 Å². The second-order valence-corrected chi connectivity index (χ2v) is 6.08. The van der Waals surface area contributed by atoms with Crippen LogP contribution in [0, 0.1) is 0 Å². The van der Waals surface area contributed by atoms with Crippen molar-refractivity contribution < 1.29 is 9.90 Å². The lowest BCUT2D eigenvalue weighted by molar-refractivity contribution is -0.129. The van der Waals surface area contributed by atoms with Crippen molar-refractivity contribution in [3.8, 4) is 0 Å². The SMILES string of the molecule is CC1(O)CCN(C(=O)/C=C/c2cccc(Cl)c2Cl)CC1. The maximum atomic E-state index is 12.1. The first-order valence-electron chi connectivity index (χ1n) is 6.52. The topological polar surface area (TPSA) is 40.5 Å². The molecule has 0 unspecified atom stereocenters. The van der Waals surface area contributed by atoms with Crippen LogP contribution in [-0.4, -0.2) is 34.6 Å². The predicted octanol–water partition coefficient (Wildman–Crippen LogP) is 3.38. The molecule has 0 aromatic heterocycles. The van der Waals surface area contributed by atoms with Gasteiger partial charge in [-0.3, -0.25) is 4.79 Å². The van der Waals surface area contributed by atoms with Gasteiger partial charge in [0.1, 0.15) is 0 Å². The number of piperidine rings is 1. The number of carbonyl (C=O) groups excluding carboxylic acids is 1. The maximum Gasteiger partial charge on any atom is 0.246 e. The average molecular weight is 314 g/mol. The summed E-state index contributed by atoms with van der Waals surface area (Å²) in [6.07, 6.45) is 4.37. The fourth-order valence-corrected chi connectivity index (χ4v) is 2.50. The van der Waals surface area contributed by atoms with Crippen molar-refractivity contribution in [2.45, 2.75) is 25.4 Å². The van der Waals surface area contributed by atoms with Crippen LogP contribution < -0.4 is 0 Å². The molecule has 0 atom stereocenters. The quantitative estimate of drug-likeness (QED) is 0.850. The average Bonchev–Trinajstić information content (AvgIpc) is 2.40. The first-order chi connectivity index (χ1) is 9.39. The van der Waals surface area contributed by atoms with E-state index in [-0.39, 0.29) is 5.91 Å². The smallest absolute Gasteiger partial charge is 0.246 e. The van der Waals surface area contributed by atoms with Gasteiger partial charge >= 0.3 is 0 Å². The lowest BCUT2D eigenvalue weighted by atomic mass is 9.94. The molecule has 2 rings (SSSR count). The zero-order valence-electron chi connectivity index (χ0n) is 11.3. The Bertz CT molecular complexity index is 531. The molecule has 20 heavy (non-hydrogen) atoms. The number of halogens is 2. The molecule has 1 aliphatic rings. The molecule has 108 valence electrons. The number of likely N-dealkylation sites (tertiary alicyclic amines) is 1. The molecule has 0 saturated carbocycles. The van der Waals surface area contributed by atoms with Gasteiger partial charge in [0.2, 0.25) is 5.91 Å². The van der Waals surface area contributed by atoms with Crippen LogP contribution in [0.2, 0.25) is 10.0 Å². The Morgan fingerprint density at radius 1 is 1.35 bits per heavy atom. The number of amides is 1. The molecule has 1 heterocycles. The fraction of sp³-hybridized carbons (Fsp3) is 0.400. The van der Waals surface area contributed by atoms with Crippen LogP contribution in [0.4, 0.5) is 0 Å². The van der Waals surface area contributed by atoms with Gasteiger partial charge in [0, 0.05) is 19.2 Å². The third-order valence-electron chi connectivity index (χ3n) is 3.54. The van der Waals surface area contributed by atoms with Gasteiger partial charge in [-0.2, -0.15) is 0 Å². The molecule has 5 heteroatoms. The minimum atomic E-state index is -0.656. The number of rotatable bonds is 2. The van der Waals surface area contributed by atoms with Gasteiger partial charge in [-0.05, 0) is 37.5 Å². The highest BCUT2D eigenvalue weighted by Gasteiger charge is 2.28. The molecule has 1 saturated heterocycles. The summed E-state index contributed by atoms with van der Waals surface area (Å²) in [5.74, 6) is -0.0726. The van der Waals surface area contributed by atoms with Gasteiger partial charge in [0.25, 0.3) is 0 Å². The highest BCUT2D eigenvalue weighted by atomic mass is 35.5. The molecule has 0 spiro atoms. The zero-order chi connectivity index (χ0) is 14.8. The molecule has 1 aromatic carbocycles. The summed E-state index contributed by atoms with van der Waals surface area (Å²) >= 11 is 12.0. The molecule has 1 N–H and O–H groups in total. The first kappa shape index (κ1) is 15.4. The Morgan fingerprint density at radius 3 is 2.65 bits per heavy atom. The van der Waals surface area contributed by atoms with Gasteiger partial charge in [-0.25, -0.2) is 0 Å². The number of carbonyl (C=O) groups is 1. The number of benzene rings is 1. The molecular weight excluding hydrogens is 297 g/mol. The Labute approximate surface area is 128 Å². The monoisotopic (exact) mass is 313 g/mol. The third kappa shape index (κ3) is 3.75. The van der Waals surface area contributed by atoms with Crippen LogP contribution in [0.15, 0.2) is 24.3 Å². The molecule has 1 fully saturated rings. The molecule has 0 bridgehead atoms. The van der Waals surface area contributed by atoms with Gasteiger partial charge < -0.3 is 10.0 Å². The summed E-state index contributed by atoms with van der Waals surface area (Å²) in [6.45, 7) is 2.94. The summed E-state index contributed by atoms with van der Waals surface area (Å²) in [5, 5.41) is 10.8. The van der Waals surface area contributed by atoms with Gasteiger partial charge in [-0.1, -0.05) is 35.3 Å². The first-order valence-corrected chi connectivity index (χ1v) is 7.28. The molecule has 1 amide bonds.